The molecule has 1 heterocycles. The zero-order valence-electron chi connectivity index (χ0n) is 11.5. The van der Waals surface area contributed by atoms with Gasteiger partial charge in [0.15, 0.2) is 5.76 Å². The van der Waals surface area contributed by atoms with E-state index >= 15 is 0 Å². The van der Waals surface area contributed by atoms with Crippen LogP contribution in [0, 0.1) is 12.7 Å². The maximum Gasteiger partial charge on any atom is 0.286 e. The summed E-state index contributed by atoms with van der Waals surface area (Å²) in [6.45, 7) is 1.90. The number of carbonyl (C=O) groups is 2. The second kappa shape index (κ2) is 6.69. The molecule has 1 aromatic heterocycles. The van der Waals surface area contributed by atoms with Gasteiger partial charge in [-0.25, -0.2) is 4.39 Å². The Labute approximate surface area is 121 Å². The van der Waals surface area contributed by atoms with Crippen LogP contribution in [-0.2, 0) is 4.79 Å². The van der Waals surface area contributed by atoms with Crippen molar-refractivity contribution in [2.75, 3.05) is 11.9 Å². The Morgan fingerprint density at radius 1 is 1.29 bits per heavy atom. The normalized spacial score (nSPS) is 10.2. The SMILES string of the molecule is Cc1ccc(NC(=O)CCNC(=O)c2ccco2)c(F)c1. The lowest BCUT2D eigenvalue weighted by atomic mass is 10.2. The van der Waals surface area contributed by atoms with E-state index in [1.807, 2.05) is 0 Å². The minimum atomic E-state index is -0.483. The third kappa shape index (κ3) is 4.17. The fourth-order valence-corrected chi connectivity index (χ4v) is 1.72. The maximum atomic E-state index is 13.6. The van der Waals surface area contributed by atoms with Crippen molar-refractivity contribution >= 4 is 17.5 Å². The summed E-state index contributed by atoms with van der Waals surface area (Å²) in [6, 6.07) is 7.68. The van der Waals surface area contributed by atoms with Crippen LogP contribution in [0.4, 0.5) is 10.1 Å². The molecule has 0 bridgehead atoms. The molecule has 6 heteroatoms. The van der Waals surface area contributed by atoms with E-state index in [-0.39, 0.29) is 30.3 Å². The van der Waals surface area contributed by atoms with Crippen LogP contribution in [0.3, 0.4) is 0 Å². The van der Waals surface area contributed by atoms with E-state index in [0.717, 1.165) is 5.56 Å². The molecular weight excluding hydrogens is 275 g/mol. The van der Waals surface area contributed by atoms with E-state index in [0.29, 0.717) is 0 Å². The maximum absolute atomic E-state index is 13.6. The van der Waals surface area contributed by atoms with Gasteiger partial charge in [0.05, 0.1) is 12.0 Å². The minimum Gasteiger partial charge on any atom is -0.459 e. The molecule has 1 aromatic carbocycles. The van der Waals surface area contributed by atoms with Gasteiger partial charge in [-0.1, -0.05) is 6.07 Å². The molecule has 21 heavy (non-hydrogen) atoms. The molecule has 0 radical (unpaired) electrons. The van der Waals surface area contributed by atoms with Crippen molar-refractivity contribution in [1.29, 1.82) is 0 Å². The summed E-state index contributed by atoms with van der Waals surface area (Å²) < 4.78 is 18.5. The van der Waals surface area contributed by atoms with E-state index in [4.69, 9.17) is 4.42 Å². The second-order valence-electron chi connectivity index (χ2n) is 4.51. The molecule has 0 aliphatic carbocycles. The standard InChI is InChI=1S/C15H15FN2O3/c1-10-4-5-12(11(16)9-10)18-14(19)6-7-17-15(20)13-3-2-8-21-13/h2-5,8-9H,6-7H2,1H3,(H,17,20)(H,18,19). The van der Waals surface area contributed by atoms with Gasteiger partial charge in [0.25, 0.3) is 5.91 Å². The first-order chi connectivity index (χ1) is 10.1. The van der Waals surface area contributed by atoms with E-state index < -0.39 is 11.7 Å². The van der Waals surface area contributed by atoms with E-state index in [2.05, 4.69) is 10.6 Å². The lowest BCUT2D eigenvalue weighted by Gasteiger charge is -2.07. The monoisotopic (exact) mass is 290 g/mol. The molecule has 0 aliphatic rings. The first-order valence-corrected chi connectivity index (χ1v) is 6.44. The van der Waals surface area contributed by atoms with E-state index in [9.17, 15) is 14.0 Å². The number of rotatable bonds is 5. The van der Waals surface area contributed by atoms with Crippen LogP contribution in [0.2, 0.25) is 0 Å². The predicted octanol–water partition coefficient (Wildman–Crippen LogP) is 2.49. The highest BCUT2D eigenvalue weighted by molar-refractivity contribution is 5.93. The summed E-state index contributed by atoms with van der Waals surface area (Å²) in [7, 11) is 0. The van der Waals surface area contributed by atoms with Crippen molar-refractivity contribution in [2.24, 2.45) is 0 Å². The predicted molar refractivity (Wildman–Crippen MR) is 75.4 cm³/mol. The van der Waals surface area contributed by atoms with Crippen molar-refractivity contribution in [1.82, 2.24) is 5.32 Å². The molecule has 0 saturated heterocycles. The number of hydrogen-bond donors (Lipinski definition) is 2. The molecule has 5 nitrogen and oxygen atoms in total. The molecule has 0 spiro atoms. The molecular formula is C15H15FN2O3. The van der Waals surface area contributed by atoms with Gasteiger partial charge < -0.3 is 15.1 Å². The third-order valence-electron chi connectivity index (χ3n) is 2.78. The molecule has 0 unspecified atom stereocenters. The summed E-state index contributed by atoms with van der Waals surface area (Å²) in [5, 5.41) is 5.00. The molecule has 0 atom stereocenters. The van der Waals surface area contributed by atoms with Crippen molar-refractivity contribution in [3.8, 4) is 0 Å². The summed E-state index contributed by atoms with van der Waals surface area (Å²) in [5.74, 6) is -1.07. The average Bonchev–Trinajstić information content (AvgIpc) is 2.96. The van der Waals surface area contributed by atoms with Gasteiger partial charge >= 0.3 is 0 Å². The third-order valence-corrected chi connectivity index (χ3v) is 2.78. The molecule has 2 N–H and O–H groups in total. The van der Waals surface area contributed by atoms with Gasteiger partial charge in [0.2, 0.25) is 5.91 Å². The Kier molecular flexibility index (Phi) is 4.71. The summed E-state index contributed by atoms with van der Waals surface area (Å²) in [4.78, 5) is 23.2. The fourth-order valence-electron chi connectivity index (χ4n) is 1.72. The Morgan fingerprint density at radius 2 is 2.10 bits per heavy atom. The fraction of sp³-hybridized carbons (Fsp3) is 0.200. The zero-order chi connectivity index (χ0) is 15.2. The molecule has 0 aliphatic heterocycles. The number of halogens is 1. The minimum absolute atomic E-state index is 0.0414. The number of nitrogens with one attached hydrogen (secondary N) is 2. The van der Waals surface area contributed by atoms with Crippen LogP contribution in [0.1, 0.15) is 22.5 Å². The lowest BCUT2D eigenvalue weighted by Crippen LogP contribution is -2.27. The number of anilines is 1. The Morgan fingerprint density at radius 3 is 2.76 bits per heavy atom. The van der Waals surface area contributed by atoms with Gasteiger partial charge in [-0.15, -0.1) is 0 Å². The number of benzene rings is 1. The van der Waals surface area contributed by atoms with Crippen LogP contribution in [0.25, 0.3) is 0 Å². The summed E-state index contributed by atoms with van der Waals surface area (Å²) >= 11 is 0. The van der Waals surface area contributed by atoms with Crippen molar-refractivity contribution in [3.05, 3.63) is 53.7 Å². The Bertz CT molecular complexity index is 638. The quantitative estimate of drug-likeness (QED) is 0.888. The van der Waals surface area contributed by atoms with Crippen LogP contribution in [0.5, 0.6) is 0 Å². The van der Waals surface area contributed by atoms with Crippen molar-refractivity contribution in [2.45, 2.75) is 13.3 Å². The largest absolute Gasteiger partial charge is 0.459 e. The zero-order valence-corrected chi connectivity index (χ0v) is 11.5. The number of amides is 2. The van der Waals surface area contributed by atoms with Crippen LogP contribution >= 0.6 is 0 Å². The highest BCUT2D eigenvalue weighted by Gasteiger charge is 2.10. The Balaban J connectivity index is 1.78. The molecule has 2 rings (SSSR count). The summed E-state index contributed by atoms with van der Waals surface area (Å²) in [5.41, 5.74) is 0.902. The van der Waals surface area contributed by atoms with Gasteiger partial charge in [0.1, 0.15) is 5.82 Å². The number of aryl methyl sites for hydroxylation is 1. The average molecular weight is 290 g/mol. The summed E-state index contributed by atoms with van der Waals surface area (Å²) in [6.07, 6.45) is 1.43. The highest BCUT2D eigenvalue weighted by atomic mass is 19.1. The van der Waals surface area contributed by atoms with Gasteiger partial charge in [-0.2, -0.15) is 0 Å². The van der Waals surface area contributed by atoms with E-state index in [1.54, 1.807) is 19.1 Å². The molecule has 2 aromatic rings. The molecule has 0 fully saturated rings. The van der Waals surface area contributed by atoms with E-state index in [1.165, 1.54) is 24.5 Å². The number of carbonyl (C=O) groups excluding carboxylic acids is 2. The number of furan rings is 1. The van der Waals surface area contributed by atoms with Gasteiger partial charge in [-0.3, -0.25) is 9.59 Å². The molecule has 2 amide bonds. The molecule has 110 valence electrons. The van der Waals surface area contributed by atoms with Gasteiger partial charge in [0, 0.05) is 13.0 Å². The first kappa shape index (κ1) is 14.8. The smallest absolute Gasteiger partial charge is 0.286 e. The van der Waals surface area contributed by atoms with Crippen molar-refractivity contribution < 1.29 is 18.4 Å². The van der Waals surface area contributed by atoms with Crippen molar-refractivity contribution in [3.63, 3.8) is 0 Å². The number of hydrogen-bond acceptors (Lipinski definition) is 3. The van der Waals surface area contributed by atoms with Crippen LogP contribution < -0.4 is 10.6 Å². The van der Waals surface area contributed by atoms with Crippen LogP contribution in [-0.4, -0.2) is 18.4 Å². The lowest BCUT2D eigenvalue weighted by molar-refractivity contribution is -0.116. The second-order valence-corrected chi connectivity index (χ2v) is 4.51. The molecule has 0 saturated carbocycles. The Hall–Kier alpha value is -2.63. The topological polar surface area (TPSA) is 71.3 Å². The first-order valence-electron chi connectivity index (χ1n) is 6.44. The highest BCUT2D eigenvalue weighted by Crippen LogP contribution is 2.15. The van der Waals surface area contributed by atoms with Crippen LogP contribution in [0.15, 0.2) is 41.0 Å². The van der Waals surface area contributed by atoms with Gasteiger partial charge in [-0.05, 0) is 36.8 Å².